The van der Waals surface area contributed by atoms with Crippen molar-refractivity contribution in [2.24, 2.45) is 5.92 Å². The molecule has 1 atom stereocenters. The fraction of sp³-hybridized carbons (Fsp3) is 0.556. The van der Waals surface area contributed by atoms with Crippen molar-refractivity contribution in [2.75, 3.05) is 0 Å². The van der Waals surface area contributed by atoms with Crippen molar-refractivity contribution in [3.05, 3.63) is 29.8 Å². The average Bonchev–Trinajstić information content (AvgIpc) is 2.48. The van der Waals surface area contributed by atoms with Crippen molar-refractivity contribution >= 4 is 11.9 Å². The molecule has 0 amide bonds. The molecule has 0 aliphatic heterocycles. The number of carboxylic acid groups (broad SMARTS) is 2. The van der Waals surface area contributed by atoms with E-state index in [-0.39, 0.29) is 12.2 Å². The zero-order valence-corrected chi connectivity index (χ0v) is 13.4. The number of phenolic OH excluding ortho intramolecular Hbond substituents is 1. The van der Waals surface area contributed by atoms with Crippen molar-refractivity contribution in [3.8, 4) is 5.75 Å². The van der Waals surface area contributed by atoms with E-state index in [9.17, 15) is 19.8 Å². The Kier molecular flexibility index (Phi) is 8.80. The molecule has 0 aliphatic carbocycles. The Balaban J connectivity index is 2.21. The molecule has 5 heteroatoms. The van der Waals surface area contributed by atoms with Crippen LogP contribution in [0.3, 0.4) is 0 Å². The summed E-state index contributed by atoms with van der Waals surface area (Å²) < 4.78 is 0. The van der Waals surface area contributed by atoms with Gasteiger partial charge < -0.3 is 15.3 Å². The fourth-order valence-electron chi connectivity index (χ4n) is 2.65. The quantitative estimate of drug-likeness (QED) is 0.508. The topological polar surface area (TPSA) is 94.8 Å². The monoisotopic (exact) mass is 322 g/mol. The van der Waals surface area contributed by atoms with Crippen LogP contribution < -0.4 is 0 Å². The summed E-state index contributed by atoms with van der Waals surface area (Å²) in [5, 5.41) is 27.3. The van der Waals surface area contributed by atoms with Crippen LogP contribution in [0.15, 0.2) is 24.3 Å². The molecule has 0 fully saturated rings. The highest BCUT2D eigenvalue weighted by Crippen LogP contribution is 2.20. The van der Waals surface area contributed by atoms with Gasteiger partial charge in [-0.25, -0.2) is 0 Å². The summed E-state index contributed by atoms with van der Waals surface area (Å²) in [6, 6.07) is 6.74. The molecular weight excluding hydrogens is 296 g/mol. The van der Waals surface area contributed by atoms with E-state index in [4.69, 9.17) is 5.11 Å². The van der Waals surface area contributed by atoms with E-state index in [0.717, 1.165) is 37.7 Å². The fourth-order valence-corrected chi connectivity index (χ4v) is 2.65. The van der Waals surface area contributed by atoms with Gasteiger partial charge in [-0.3, -0.25) is 9.59 Å². The third kappa shape index (κ3) is 8.86. The number of carboxylic acids is 2. The smallest absolute Gasteiger partial charge is 0.306 e. The predicted molar refractivity (Wildman–Crippen MR) is 87.5 cm³/mol. The minimum Gasteiger partial charge on any atom is -0.508 e. The Morgan fingerprint density at radius 1 is 0.957 bits per heavy atom. The number of unbranched alkanes of at least 4 members (excludes halogenated alkanes) is 5. The Hall–Kier alpha value is -2.04. The number of benzene rings is 1. The zero-order chi connectivity index (χ0) is 17.1. The average molecular weight is 322 g/mol. The van der Waals surface area contributed by atoms with Crippen molar-refractivity contribution in [3.63, 3.8) is 0 Å². The molecule has 1 rings (SSSR count). The molecule has 0 aliphatic rings. The molecule has 5 nitrogen and oxygen atoms in total. The Morgan fingerprint density at radius 2 is 1.61 bits per heavy atom. The first kappa shape index (κ1) is 19.0. The van der Waals surface area contributed by atoms with Gasteiger partial charge in [0.1, 0.15) is 5.75 Å². The van der Waals surface area contributed by atoms with Gasteiger partial charge in [-0.15, -0.1) is 0 Å². The van der Waals surface area contributed by atoms with Crippen LogP contribution in [0.25, 0.3) is 0 Å². The van der Waals surface area contributed by atoms with Gasteiger partial charge in [0.15, 0.2) is 0 Å². The van der Waals surface area contributed by atoms with E-state index in [1.807, 2.05) is 6.07 Å². The third-order valence-electron chi connectivity index (χ3n) is 3.94. The second-order valence-electron chi connectivity index (χ2n) is 5.96. The lowest BCUT2D eigenvalue weighted by atomic mass is 9.93. The third-order valence-corrected chi connectivity index (χ3v) is 3.94. The van der Waals surface area contributed by atoms with Gasteiger partial charge in [-0.2, -0.15) is 0 Å². The van der Waals surface area contributed by atoms with Crippen molar-refractivity contribution in [2.45, 2.75) is 57.8 Å². The highest BCUT2D eigenvalue weighted by molar-refractivity contribution is 5.70. The number of phenols is 1. The van der Waals surface area contributed by atoms with Gasteiger partial charge in [0.25, 0.3) is 0 Å². The van der Waals surface area contributed by atoms with E-state index < -0.39 is 17.9 Å². The minimum absolute atomic E-state index is 0.160. The maximum atomic E-state index is 11.3. The molecule has 0 spiro atoms. The second-order valence-corrected chi connectivity index (χ2v) is 5.96. The van der Waals surface area contributed by atoms with E-state index in [2.05, 4.69) is 0 Å². The summed E-state index contributed by atoms with van der Waals surface area (Å²) in [5.41, 5.74) is 0.839. The van der Waals surface area contributed by atoms with Crippen LogP contribution in [-0.4, -0.2) is 27.3 Å². The molecule has 1 aromatic rings. The molecule has 0 aromatic heterocycles. The molecule has 3 N–H and O–H groups in total. The zero-order valence-electron chi connectivity index (χ0n) is 13.4. The largest absolute Gasteiger partial charge is 0.508 e. The summed E-state index contributed by atoms with van der Waals surface area (Å²) in [5.74, 6) is -1.81. The summed E-state index contributed by atoms with van der Waals surface area (Å²) in [4.78, 5) is 21.7. The molecule has 1 unspecified atom stereocenters. The predicted octanol–water partition coefficient (Wildman–Crippen LogP) is 3.84. The molecule has 0 heterocycles. The summed E-state index contributed by atoms with van der Waals surface area (Å²) >= 11 is 0. The first-order valence-electron chi connectivity index (χ1n) is 8.21. The molecule has 0 radical (unpaired) electrons. The number of aromatic hydroxyl groups is 1. The van der Waals surface area contributed by atoms with Crippen molar-refractivity contribution in [1.82, 2.24) is 0 Å². The van der Waals surface area contributed by atoms with Crippen LogP contribution >= 0.6 is 0 Å². The molecule has 0 bridgehead atoms. The van der Waals surface area contributed by atoms with Gasteiger partial charge in [0, 0.05) is 6.42 Å². The lowest BCUT2D eigenvalue weighted by Gasteiger charge is -2.12. The van der Waals surface area contributed by atoms with Crippen LogP contribution in [0.5, 0.6) is 5.75 Å². The molecule has 128 valence electrons. The first-order chi connectivity index (χ1) is 11.0. The molecule has 1 aromatic carbocycles. The molecule has 0 saturated carbocycles. The van der Waals surface area contributed by atoms with Gasteiger partial charge in [0.2, 0.25) is 0 Å². The summed E-state index contributed by atoms with van der Waals surface area (Å²) in [7, 11) is 0. The number of carbonyl (C=O) groups is 2. The first-order valence-corrected chi connectivity index (χ1v) is 8.21. The number of hydrogen-bond donors (Lipinski definition) is 3. The van der Waals surface area contributed by atoms with Crippen LogP contribution in [-0.2, 0) is 16.0 Å². The van der Waals surface area contributed by atoms with Gasteiger partial charge >= 0.3 is 11.9 Å². The Morgan fingerprint density at radius 3 is 2.22 bits per heavy atom. The maximum Gasteiger partial charge on any atom is 0.306 e. The van der Waals surface area contributed by atoms with Crippen LogP contribution in [0.4, 0.5) is 0 Å². The van der Waals surface area contributed by atoms with E-state index in [1.54, 1.807) is 18.2 Å². The van der Waals surface area contributed by atoms with E-state index in [0.29, 0.717) is 19.3 Å². The minimum atomic E-state index is -0.796. The molecular formula is C18H26O5. The van der Waals surface area contributed by atoms with Crippen LogP contribution in [0.1, 0.15) is 56.9 Å². The van der Waals surface area contributed by atoms with Crippen molar-refractivity contribution < 1.29 is 24.9 Å². The number of rotatable bonds is 12. The Labute approximate surface area is 137 Å². The number of aliphatic carboxylic acids is 2. The summed E-state index contributed by atoms with van der Waals surface area (Å²) in [6.45, 7) is 0. The van der Waals surface area contributed by atoms with Crippen molar-refractivity contribution in [1.29, 1.82) is 0 Å². The second kappa shape index (κ2) is 10.6. The van der Waals surface area contributed by atoms with Gasteiger partial charge in [-0.05, 0) is 37.0 Å². The number of hydrogen-bond acceptors (Lipinski definition) is 3. The van der Waals surface area contributed by atoms with E-state index >= 15 is 0 Å². The van der Waals surface area contributed by atoms with Crippen LogP contribution in [0, 0.1) is 5.92 Å². The Bertz CT molecular complexity index is 498. The van der Waals surface area contributed by atoms with Gasteiger partial charge in [-0.1, -0.05) is 44.2 Å². The standard InChI is InChI=1S/C18H26O5/c19-16-10-7-8-14(13-16)12-15(18(22)23)9-5-3-1-2-4-6-11-17(20)21/h7-8,10,13,15,19H,1-6,9,11-12H2,(H,20,21)(H,22,23). The SMILES string of the molecule is O=C(O)CCCCCCCCC(Cc1cccc(O)c1)C(=O)O. The highest BCUT2D eigenvalue weighted by Gasteiger charge is 2.17. The highest BCUT2D eigenvalue weighted by atomic mass is 16.4. The van der Waals surface area contributed by atoms with E-state index in [1.165, 1.54) is 0 Å². The molecule has 23 heavy (non-hydrogen) atoms. The maximum absolute atomic E-state index is 11.3. The van der Waals surface area contributed by atoms with Gasteiger partial charge in [0.05, 0.1) is 5.92 Å². The summed E-state index contributed by atoms with van der Waals surface area (Å²) in [6.07, 6.45) is 6.75. The van der Waals surface area contributed by atoms with Crippen LogP contribution in [0.2, 0.25) is 0 Å². The normalized spacial score (nSPS) is 12.0. The lowest BCUT2D eigenvalue weighted by molar-refractivity contribution is -0.142. The lowest BCUT2D eigenvalue weighted by Crippen LogP contribution is -2.16. The molecule has 0 saturated heterocycles.